The Hall–Kier alpha value is -2.07. The summed E-state index contributed by atoms with van der Waals surface area (Å²) in [5.74, 6) is 1.35. The Kier molecular flexibility index (Phi) is 3.56. The Morgan fingerprint density at radius 3 is 3.00 bits per heavy atom. The van der Waals surface area contributed by atoms with Crippen LogP contribution in [0.3, 0.4) is 0 Å². The van der Waals surface area contributed by atoms with E-state index in [1.54, 1.807) is 6.20 Å². The standard InChI is InChI=1S/C16H19N3O/c1-18-16(13-9-19-7-6-14(13)17)12-8-11-4-2-3-5-15(11)20-10-12/h2-7,9,12,16,18H,8,10H2,1H3,(H2,17,19). The number of pyridine rings is 1. The Morgan fingerprint density at radius 2 is 2.20 bits per heavy atom. The zero-order chi connectivity index (χ0) is 13.9. The number of nitrogens with one attached hydrogen (secondary N) is 1. The van der Waals surface area contributed by atoms with Crippen molar-refractivity contribution in [3.63, 3.8) is 0 Å². The van der Waals surface area contributed by atoms with Gasteiger partial charge in [0, 0.05) is 35.6 Å². The van der Waals surface area contributed by atoms with E-state index in [0.29, 0.717) is 12.5 Å². The molecule has 3 rings (SSSR count). The van der Waals surface area contributed by atoms with Crippen LogP contribution >= 0.6 is 0 Å². The molecule has 0 radical (unpaired) electrons. The van der Waals surface area contributed by atoms with E-state index in [9.17, 15) is 0 Å². The molecule has 2 aromatic rings. The highest BCUT2D eigenvalue weighted by molar-refractivity contribution is 5.47. The smallest absolute Gasteiger partial charge is 0.122 e. The number of fused-ring (bicyclic) bond motifs is 1. The molecular weight excluding hydrogens is 250 g/mol. The lowest BCUT2D eigenvalue weighted by molar-refractivity contribution is 0.188. The first kappa shape index (κ1) is 12.9. The van der Waals surface area contributed by atoms with Crippen molar-refractivity contribution in [2.24, 2.45) is 5.92 Å². The summed E-state index contributed by atoms with van der Waals surface area (Å²) in [7, 11) is 1.96. The number of ether oxygens (including phenoxy) is 1. The van der Waals surface area contributed by atoms with Crippen LogP contribution in [0.5, 0.6) is 5.75 Å². The van der Waals surface area contributed by atoms with Crippen LogP contribution in [-0.4, -0.2) is 18.6 Å². The van der Waals surface area contributed by atoms with Gasteiger partial charge >= 0.3 is 0 Å². The van der Waals surface area contributed by atoms with Gasteiger partial charge in [-0.3, -0.25) is 4.98 Å². The average Bonchev–Trinajstić information content (AvgIpc) is 2.50. The summed E-state index contributed by atoms with van der Waals surface area (Å²) in [5.41, 5.74) is 9.15. The van der Waals surface area contributed by atoms with Gasteiger partial charge in [0.1, 0.15) is 5.75 Å². The van der Waals surface area contributed by atoms with Crippen molar-refractivity contribution in [2.75, 3.05) is 19.4 Å². The number of benzene rings is 1. The summed E-state index contributed by atoms with van der Waals surface area (Å²) in [6.07, 6.45) is 4.55. The average molecular weight is 269 g/mol. The maximum absolute atomic E-state index is 6.08. The third-order valence-corrected chi connectivity index (χ3v) is 3.91. The molecule has 4 heteroatoms. The Balaban J connectivity index is 1.87. The molecule has 0 bridgehead atoms. The molecule has 0 amide bonds. The van der Waals surface area contributed by atoms with E-state index < -0.39 is 0 Å². The molecule has 1 aliphatic heterocycles. The first-order valence-corrected chi connectivity index (χ1v) is 6.87. The summed E-state index contributed by atoms with van der Waals surface area (Å²) >= 11 is 0. The molecule has 2 atom stereocenters. The fourth-order valence-corrected chi connectivity index (χ4v) is 2.89. The van der Waals surface area contributed by atoms with Gasteiger partial charge < -0.3 is 15.8 Å². The molecule has 0 fully saturated rings. The number of nitrogens with zero attached hydrogens (tertiary/aromatic N) is 1. The van der Waals surface area contributed by atoms with Gasteiger partial charge in [0.05, 0.1) is 6.61 Å². The van der Waals surface area contributed by atoms with Crippen molar-refractivity contribution in [3.8, 4) is 5.75 Å². The molecule has 1 aliphatic rings. The van der Waals surface area contributed by atoms with Crippen LogP contribution in [-0.2, 0) is 6.42 Å². The first-order valence-electron chi connectivity index (χ1n) is 6.87. The fraction of sp³-hybridized carbons (Fsp3) is 0.312. The van der Waals surface area contributed by atoms with E-state index in [4.69, 9.17) is 10.5 Å². The van der Waals surface area contributed by atoms with E-state index in [2.05, 4.69) is 22.4 Å². The zero-order valence-corrected chi connectivity index (χ0v) is 11.5. The van der Waals surface area contributed by atoms with E-state index in [1.807, 2.05) is 31.4 Å². The van der Waals surface area contributed by atoms with Crippen molar-refractivity contribution < 1.29 is 4.74 Å². The number of rotatable bonds is 3. The third-order valence-electron chi connectivity index (χ3n) is 3.91. The SMILES string of the molecule is CNC(c1cnccc1N)C1COc2ccccc2C1. The fourth-order valence-electron chi connectivity index (χ4n) is 2.89. The van der Waals surface area contributed by atoms with Crippen LogP contribution in [0.15, 0.2) is 42.7 Å². The van der Waals surface area contributed by atoms with Crippen molar-refractivity contribution in [1.29, 1.82) is 0 Å². The first-order chi connectivity index (χ1) is 9.79. The lowest BCUT2D eigenvalue weighted by Gasteiger charge is -2.32. The number of aromatic nitrogens is 1. The third kappa shape index (κ3) is 2.34. The predicted octanol–water partition coefficient (Wildman–Crippen LogP) is 2.18. The second-order valence-corrected chi connectivity index (χ2v) is 5.15. The highest BCUT2D eigenvalue weighted by Gasteiger charge is 2.28. The Bertz CT molecular complexity index is 600. The summed E-state index contributed by atoms with van der Waals surface area (Å²) in [5, 5.41) is 3.36. The largest absolute Gasteiger partial charge is 0.493 e. The molecule has 20 heavy (non-hydrogen) atoms. The van der Waals surface area contributed by atoms with Crippen molar-refractivity contribution >= 4 is 5.69 Å². The second kappa shape index (κ2) is 5.51. The lowest BCUT2D eigenvalue weighted by atomic mass is 9.86. The normalized spacial score (nSPS) is 18.9. The Morgan fingerprint density at radius 1 is 1.35 bits per heavy atom. The van der Waals surface area contributed by atoms with Crippen molar-refractivity contribution in [1.82, 2.24) is 10.3 Å². The zero-order valence-electron chi connectivity index (χ0n) is 11.5. The topological polar surface area (TPSA) is 60.2 Å². The number of para-hydroxylation sites is 1. The second-order valence-electron chi connectivity index (χ2n) is 5.15. The minimum absolute atomic E-state index is 0.150. The van der Waals surface area contributed by atoms with Gasteiger partial charge in [-0.15, -0.1) is 0 Å². The molecule has 0 saturated carbocycles. The van der Waals surface area contributed by atoms with Crippen molar-refractivity contribution in [3.05, 3.63) is 53.9 Å². The maximum Gasteiger partial charge on any atom is 0.122 e. The summed E-state index contributed by atoms with van der Waals surface area (Å²) in [6.45, 7) is 0.691. The highest BCUT2D eigenvalue weighted by atomic mass is 16.5. The number of nitrogens with two attached hydrogens (primary N) is 1. The molecule has 4 nitrogen and oxygen atoms in total. The molecule has 3 N–H and O–H groups in total. The quantitative estimate of drug-likeness (QED) is 0.896. The molecular formula is C16H19N3O. The maximum atomic E-state index is 6.08. The number of anilines is 1. The van der Waals surface area contributed by atoms with Gasteiger partial charge in [0.15, 0.2) is 0 Å². The minimum atomic E-state index is 0.150. The van der Waals surface area contributed by atoms with Gasteiger partial charge in [0.25, 0.3) is 0 Å². The van der Waals surface area contributed by atoms with Crippen molar-refractivity contribution in [2.45, 2.75) is 12.5 Å². The van der Waals surface area contributed by atoms with Crippen LogP contribution in [0.2, 0.25) is 0 Å². The molecule has 2 unspecified atom stereocenters. The van der Waals surface area contributed by atoms with Crippen LogP contribution in [0.4, 0.5) is 5.69 Å². The molecule has 2 heterocycles. The van der Waals surface area contributed by atoms with E-state index in [0.717, 1.165) is 23.4 Å². The van der Waals surface area contributed by atoms with Gasteiger partial charge in [-0.2, -0.15) is 0 Å². The van der Waals surface area contributed by atoms with E-state index in [1.165, 1.54) is 5.56 Å². The lowest BCUT2D eigenvalue weighted by Crippen LogP contribution is -2.34. The number of hydrogen-bond acceptors (Lipinski definition) is 4. The Labute approximate surface area is 119 Å². The summed E-state index contributed by atoms with van der Waals surface area (Å²) in [4.78, 5) is 4.19. The molecule has 1 aromatic carbocycles. The van der Waals surface area contributed by atoms with Crippen LogP contribution < -0.4 is 15.8 Å². The summed E-state index contributed by atoms with van der Waals surface area (Å²) in [6, 6.07) is 10.2. The number of hydrogen-bond donors (Lipinski definition) is 2. The van der Waals surface area contributed by atoms with E-state index in [-0.39, 0.29) is 6.04 Å². The van der Waals surface area contributed by atoms with Crippen LogP contribution in [0.25, 0.3) is 0 Å². The molecule has 1 aromatic heterocycles. The van der Waals surface area contributed by atoms with Gasteiger partial charge in [-0.25, -0.2) is 0 Å². The molecule has 104 valence electrons. The van der Waals surface area contributed by atoms with Gasteiger partial charge in [-0.1, -0.05) is 18.2 Å². The minimum Gasteiger partial charge on any atom is -0.493 e. The molecule has 0 saturated heterocycles. The molecule has 0 aliphatic carbocycles. The van der Waals surface area contributed by atoms with Gasteiger partial charge in [-0.05, 0) is 31.2 Å². The monoisotopic (exact) mass is 269 g/mol. The van der Waals surface area contributed by atoms with Gasteiger partial charge in [0.2, 0.25) is 0 Å². The van der Waals surface area contributed by atoms with E-state index >= 15 is 0 Å². The highest BCUT2D eigenvalue weighted by Crippen LogP contribution is 2.34. The van der Waals surface area contributed by atoms with Crippen LogP contribution in [0, 0.1) is 5.92 Å². The number of nitrogen functional groups attached to an aromatic ring is 1. The van der Waals surface area contributed by atoms with Crippen LogP contribution in [0.1, 0.15) is 17.2 Å². The predicted molar refractivity (Wildman–Crippen MR) is 79.6 cm³/mol. The summed E-state index contributed by atoms with van der Waals surface area (Å²) < 4.78 is 5.88. The molecule has 0 spiro atoms.